The van der Waals surface area contributed by atoms with E-state index in [4.69, 9.17) is 0 Å². The summed E-state index contributed by atoms with van der Waals surface area (Å²) in [6, 6.07) is 10.0. The van der Waals surface area contributed by atoms with Crippen LogP contribution in [0.15, 0.2) is 36.0 Å². The van der Waals surface area contributed by atoms with Crippen LogP contribution in [0.4, 0.5) is 0 Å². The Balaban J connectivity index is 2.01. The van der Waals surface area contributed by atoms with Gasteiger partial charge in [-0.15, -0.1) is 0 Å². The molecule has 3 rings (SSSR count). The number of aryl methyl sites for hydroxylation is 1. The third kappa shape index (κ3) is 2.43. The number of carbonyl (C=O) groups is 1. The predicted molar refractivity (Wildman–Crippen MR) is 82.3 cm³/mol. The fraction of sp³-hybridized carbons (Fsp3) is 0.294. The second-order valence-electron chi connectivity index (χ2n) is 5.38. The SMILES string of the molecule is Cn1cc(/C=C(\C#N)C(=O)N2CCCC2)c2ccccc21. The van der Waals surface area contributed by atoms with E-state index >= 15 is 0 Å². The maximum absolute atomic E-state index is 12.4. The lowest BCUT2D eigenvalue weighted by atomic mass is 10.1. The Morgan fingerprint density at radius 2 is 2.00 bits per heavy atom. The van der Waals surface area contributed by atoms with Gasteiger partial charge in [-0.05, 0) is 25.0 Å². The summed E-state index contributed by atoms with van der Waals surface area (Å²) < 4.78 is 2.01. The molecule has 0 N–H and O–H groups in total. The number of hydrogen-bond donors (Lipinski definition) is 0. The Kier molecular flexibility index (Phi) is 3.49. The van der Waals surface area contributed by atoms with Gasteiger partial charge in [0.1, 0.15) is 11.6 Å². The van der Waals surface area contributed by atoms with Gasteiger partial charge >= 0.3 is 0 Å². The van der Waals surface area contributed by atoms with Gasteiger partial charge < -0.3 is 9.47 Å². The fourth-order valence-corrected chi connectivity index (χ4v) is 2.88. The molecule has 1 fully saturated rings. The molecule has 2 heterocycles. The maximum atomic E-state index is 12.4. The van der Waals surface area contributed by atoms with Crippen molar-refractivity contribution in [3.8, 4) is 6.07 Å². The van der Waals surface area contributed by atoms with E-state index < -0.39 is 0 Å². The van der Waals surface area contributed by atoms with E-state index in [-0.39, 0.29) is 11.5 Å². The van der Waals surface area contributed by atoms with Crippen molar-refractivity contribution in [1.29, 1.82) is 5.26 Å². The lowest BCUT2D eigenvalue weighted by molar-refractivity contribution is -0.125. The molecule has 0 radical (unpaired) electrons. The van der Waals surface area contributed by atoms with Gasteiger partial charge in [-0.2, -0.15) is 5.26 Å². The molecule has 0 unspecified atom stereocenters. The first-order valence-electron chi connectivity index (χ1n) is 7.16. The molecule has 106 valence electrons. The Hall–Kier alpha value is -2.54. The van der Waals surface area contributed by atoms with E-state index in [1.165, 1.54) is 0 Å². The third-order valence-electron chi connectivity index (χ3n) is 3.97. The van der Waals surface area contributed by atoms with Gasteiger partial charge in [0.25, 0.3) is 5.91 Å². The molecule has 1 aromatic heterocycles. The summed E-state index contributed by atoms with van der Waals surface area (Å²) in [5, 5.41) is 10.4. The molecule has 1 amide bonds. The highest BCUT2D eigenvalue weighted by Gasteiger charge is 2.21. The van der Waals surface area contributed by atoms with Crippen molar-refractivity contribution < 1.29 is 4.79 Å². The quantitative estimate of drug-likeness (QED) is 0.627. The summed E-state index contributed by atoms with van der Waals surface area (Å²) in [5.41, 5.74) is 2.22. The molecule has 0 atom stereocenters. The highest BCUT2D eigenvalue weighted by molar-refractivity contribution is 6.04. The number of amides is 1. The molecule has 21 heavy (non-hydrogen) atoms. The minimum Gasteiger partial charge on any atom is -0.350 e. The number of aromatic nitrogens is 1. The van der Waals surface area contributed by atoms with Crippen LogP contribution in [0.1, 0.15) is 18.4 Å². The lowest BCUT2D eigenvalue weighted by Crippen LogP contribution is -2.28. The van der Waals surface area contributed by atoms with E-state index in [1.807, 2.05) is 42.1 Å². The molecule has 0 bridgehead atoms. The second-order valence-corrected chi connectivity index (χ2v) is 5.38. The Labute approximate surface area is 123 Å². The highest BCUT2D eigenvalue weighted by atomic mass is 16.2. The van der Waals surface area contributed by atoms with Gasteiger partial charge in [0, 0.05) is 42.8 Å². The van der Waals surface area contributed by atoms with Crippen molar-refractivity contribution in [2.75, 3.05) is 13.1 Å². The smallest absolute Gasteiger partial charge is 0.264 e. The fourth-order valence-electron chi connectivity index (χ4n) is 2.88. The predicted octanol–water partition coefficient (Wildman–Crippen LogP) is 2.71. The average molecular weight is 279 g/mol. The molecule has 1 saturated heterocycles. The standard InChI is InChI=1S/C17H17N3O/c1-19-12-14(15-6-2-3-7-16(15)19)10-13(11-18)17(21)20-8-4-5-9-20/h2-3,6-7,10,12H,4-5,8-9H2,1H3/b13-10+. The first-order chi connectivity index (χ1) is 10.2. The van der Waals surface area contributed by atoms with Gasteiger partial charge in [0.2, 0.25) is 0 Å². The molecular formula is C17H17N3O. The van der Waals surface area contributed by atoms with Crippen LogP contribution < -0.4 is 0 Å². The Bertz CT molecular complexity index is 758. The summed E-state index contributed by atoms with van der Waals surface area (Å²) in [5.74, 6) is -0.150. The van der Waals surface area contributed by atoms with Gasteiger partial charge in [-0.3, -0.25) is 4.79 Å². The average Bonchev–Trinajstić information content (AvgIpc) is 3.14. The topological polar surface area (TPSA) is 49.0 Å². The number of para-hydroxylation sites is 1. The van der Waals surface area contributed by atoms with Crippen molar-refractivity contribution in [1.82, 2.24) is 9.47 Å². The third-order valence-corrected chi connectivity index (χ3v) is 3.97. The lowest BCUT2D eigenvalue weighted by Gasteiger charge is -2.13. The van der Waals surface area contributed by atoms with Crippen molar-refractivity contribution in [2.24, 2.45) is 7.05 Å². The molecule has 1 aromatic carbocycles. The zero-order valence-electron chi connectivity index (χ0n) is 12.0. The molecule has 2 aromatic rings. The monoisotopic (exact) mass is 279 g/mol. The number of nitrogens with zero attached hydrogens (tertiary/aromatic N) is 3. The van der Waals surface area contributed by atoms with Crippen LogP contribution in [0.25, 0.3) is 17.0 Å². The van der Waals surface area contributed by atoms with Crippen molar-refractivity contribution >= 4 is 22.9 Å². The van der Waals surface area contributed by atoms with Crippen LogP contribution in [-0.4, -0.2) is 28.5 Å². The van der Waals surface area contributed by atoms with E-state index in [0.717, 1.165) is 42.4 Å². The largest absolute Gasteiger partial charge is 0.350 e. The molecule has 0 spiro atoms. The number of hydrogen-bond acceptors (Lipinski definition) is 2. The summed E-state index contributed by atoms with van der Waals surface area (Å²) in [6.45, 7) is 1.51. The zero-order valence-corrected chi connectivity index (χ0v) is 12.0. The van der Waals surface area contributed by atoms with Crippen LogP contribution in [0.3, 0.4) is 0 Å². The van der Waals surface area contributed by atoms with Crippen LogP contribution >= 0.6 is 0 Å². The molecule has 0 aliphatic carbocycles. The zero-order chi connectivity index (χ0) is 14.8. The normalized spacial score (nSPS) is 15.4. The molecule has 1 aliphatic rings. The first kappa shape index (κ1) is 13.4. The number of fused-ring (bicyclic) bond motifs is 1. The summed E-state index contributed by atoms with van der Waals surface area (Å²) >= 11 is 0. The maximum Gasteiger partial charge on any atom is 0.264 e. The van der Waals surface area contributed by atoms with Gasteiger partial charge in [0.15, 0.2) is 0 Å². The first-order valence-corrected chi connectivity index (χ1v) is 7.16. The number of rotatable bonds is 2. The van der Waals surface area contributed by atoms with E-state index in [2.05, 4.69) is 6.07 Å². The van der Waals surface area contributed by atoms with Gasteiger partial charge in [0.05, 0.1) is 0 Å². The van der Waals surface area contributed by atoms with Crippen LogP contribution in [0, 0.1) is 11.3 Å². The van der Waals surface area contributed by atoms with E-state index in [0.29, 0.717) is 0 Å². The Morgan fingerprint density at radius 1 is 1.29 bits per heavy atom. The van der Waals surface area contributed by atoms with Gasteiger partial charge in [-0.25, -0.2) is 0 Å². The summed E-state index contributed by atoms with van der Waals surface area (Å²) in [7, 11) is 1.97. The molecule has 0 saturated carbocycles. The molecule has 1 aliphatic heterocycles. The summed E-state index contributed by atoms with van der Waals surface area (Å²) in [4.78, 5) is 14.1. The van der Waals surface area contributed by atoms with Crippen molar-refractivity contribution in [2.45, 2.75) is 12.8 Å². The second kappa shape index (κ2) is 5.45. The Morgan fingerprint density at radius 3 is 2.71 bits per heavy atom. The van der Waals surface area contributed by atoms with Crippen LogP contribution in [-0.2, 0) is 11.8 Å². The molecular weight excluding hydrogens is 262 g/mol. The van der Waals surface area contributed by atoms with E-state index in [9.17, 15) is 10.1 Å². The highest BCUT2D eigenvalue weighted by Crippen LogP contribution is 2.23. The summed E-state index contributed by atoms with van der Waals surface area (Å²) in [6.07, 6.45) is 5.72. The van der Waals surface area contributed by atoms with Crippen molar-refractivity contribution in [3.05, 3.63) is 41.6 Å². The number of nitriles is 1. The minimum atomic E-state index is -0.150. The molecule has 4 heteroatoms. The number of benzene rings is 1. The van der Waals surface area contributed by atoms with Crippen molar-refractivity contribution in [3.63, 3.8) is 0 Å². The van der Waals surface area contributed by atoms with Crippen LogP contribution in [0.5, 0.6) is 0 Å². The minimum absolute atomic E-state index is 0.150. The number of carbonyl (C=O) groups excluding carboxylic acids is 1. The van der Waals surface area contributed by atoms with E-state index in [1.54, 1.807) is 11.0 Å². The van der Waals surface area contributed by atoms with Gasteiger partial charge in [-0.1, -0.05) is 18.2 Å². The molecule has 4 nitrogen and oxygen atoms in total. The number of likely N-dealkylation sites (tertiary alicyclic amines) is 1. The van der Waals surface area contributed by atoms with Crippen LogP contribution in [0.2, 0.25) is 0 Å².